The van der Waals surface area contributed by atoms with Crippen molar-refractivity contribution in [2.24, 2.45) is 0 Å². The van der Waals surface area contributed by atoms with Gasteiger partial charge in [0.1, 0.15) is 0 Å². The lowest BCUT2D eigenvalue weighted by Crippen LogP contribution is -2.39. The molecule has 0 unspecified atom stereocenters. The molecule has 0 spiro atoms. The number of rotatable bonds is 5. The van der Waals surface area contributed by atoms with Gasteiger partial charge in [0.25, 0.3) is 0 Å². The van der Waals surface area contributed by atoms with Crippen LogP contribution in [-0.4, -0.2) is 30.5 Å². The zero-order valence-corrected chi connectivity index (χ0v) is 12.2. The number of aliphatic hydroxyl groups is 1. The molecule has 0 bridgehead atoms. The number of ether oxygens (including phenoxy) is 1. The molecule has 0 radical (unpaired) electrons. The number of halogens is 1. The number of benzene rings is 1. The second-order valence-corrected chi connectivity index (χ2v) is 5.75. The van der Waals surface area contributed by atoms with E-state index >= 15 is 0 Å². The van der Waals surface area contributed by atoms with E-state index in [1.807, 2.05) is 19.1 Å². The van der Waals surface area contributed by atoms with Crippen LogP contribution >= 0.6 is 15.9 Å². The molecule has 3 nitrogen and oxygen atoms in total. The van der Waals surface area contributed by atoms with Crippen LogP contribution in [-0.2, 0) is 4.74 Å². The summed E-state index contributed by atoms with van der Waals surface area (Å²) in [5.41, 5.74) is 1.21. The van der Waals surface area contributed by atoms with Gasteiger partial charge in [-0.15, -0.1) is 0 Å². The van der Waals surface area contributed by atoms with E-state index in [0.29, 0.717) is 0 Å². The van der Waals surface area contributed by atoms with Crippen LogP contribution in [0.25, 0.3) is 0 Å². The van der Waals surface area contributed by atoms with E-state index < -0.39 is 0 Å². The van der Waals surface area contributed by atoms with Crippen molar-refractivity contribution in [3.63, 3.8) is 0 Å². The van der Waals surface area contributed by atoms with Gasteiger partial charge >= 0.3 is 0 Å². The van der Waals surface area contributed by atoms with Crippen LogP contribution in [0.4, 0.5) is 0 Å². The molecule has 0 aliphatic carbocycles. The maximum absolute atomic E-state index is 9.21. The molecule has 4 heteroatoms. The molecule has 1 aliphatic rings. The molecule has 1 aromatic rings. The van der Waals surface area contributed by atoms with Crippen molar-refractivity contribution in [3.05, 3.63) is 34.3 Å². The van der Waals surface area contributed by atoms with E-state index in [-0.39, 0.29) is 24.8 Å². The largest absolute Gasteiger partial charge is 0.395 e. The molecule has 0 aromatic heterocycles. The fourth-order valence-electron chi connectivity index (χ4n) is 2.31. The zero-order chi connectivity index (χ0) is 13.0. The highest BCUT2D eigenvalue weighted by Crippen LogP contribution is 2.28. The number of aliphatic hydroxyl groups excluding tert-OH is 1. The second kappa shape index (κ2) is 6.66. The van der Waals surface area contributed by atoms with Gasteiger partial charge in [-0.3, -0.25) is 0 Å². The Hall–Kier alpha value is -0.420. The Kier molecular flexibility index (Phi) is 5.18. The average Bonchev–Trinajstić information content (AvgIpc) is 2.90. The summed E-state index contributed by atoms with van der Waals surface area (Å²) < 4.78 is 6.87. The van der Waals surface area contributed by atoms with Crippen molar-refractivity contribution in [1.82, 2.24) is 5.32 Å². The summed E-state index contributed by atoms with van der Waals surface area (Å²) in [6, 6.07) is 8.53. The lowest BCUT2D eigenvalue weighted by Gasteiger charge is -2.27. The highest BCUT2D eigenvalue weighted by Gasteiger charge is 2.28. The van der Waals surface area contributed by atoms with Crippen molar-refractivity contribution in [2.45, 2.75) is 38.0 Å². The molecule has 1 aliphatic heterocycles. The van der Waals surface area contributed by atoms with Gasteiger partial charge in [0.05, 0.1) is 18.8 Å². The topological polar surface area (TPSA) is 41.5 Å². The minimum absolute atomic E-state index is 0.0721. The molecular formula is C14H20BrNO2. The predicted molar refractivity (Wildman–Crippen MR) is 75.5 cm³/mol. The third-order valence-electron chi connectivity index (χ3n) is 3.30. The molecule has 2 N–H and O–H groups in total. The first kappa shape index (κ1) is 14.0. The molecular weight excluding hydrogens is 294 g/mol. The third kappa shape index (κ3) is 3.54. The smallest absolute Gasteiger partial charge is 0.0770 e. The van der Waals surface area contributed by atoms with Crippen LogP contribution in [0.1, 0.15) is 31.4 Å². The zero-order valence-electron chi connectivity index (χ0n) is 10.6. The molecule has 1 fully saturated rings. The van der Waals surface area contributed by atoms with E-state index in [1.165, 1.54) is 5.56 Å². The first-order valence-electron chi connectivity index (χ1n) is 6.44. The maximum Gasteiger partial charge on any atom is 0.0770 e. The minimum Gasteiger partial charge on any atom is -0.395 e. The van der Waals surface area contributed by atoms with Crippen LogP contribution in [0, 0.1) is 0 Å². The first-order valence-corrected chi connectivity index (χ1v) is 7.24. The van der Waals surface area contributed by atoms with Gasteiger partial charge in [-0.25, -0.2) is 0 Å². The first-order chi connectivity index (χ1) is 8.70. The molecule has 100 valence electrons. The summed E-state index contributed by atoms with van der Waals surface area (Å²) in [6.45, 7) is 2.97. The van der Waals surface area contributed by atoms with Crippen molar-refractivity contribution in [1.29, 1.82) is 0 Å². The van der Waals surface area contributed by atoms with Crippen LogP contribution in [0.2, 0.25) is 0 Å². The predicted octanol–water partition coefficient (Wildman–Crippen LogP) is 2.64. The number of hydrogen-bond acceptors (Lipinski definition) is 3. The van der Waals surface area contributed by atoms with Crippen LogP contribution in [0.3, 0.4) is 0 Å². The monoisotopic (exact) mass is 313 g/mol. The summed E-state index contributed by atoms with van der Waals surface area (Å²) in [5, 5.41) is 12.7. The summed E-state index contributed by atoms with van der Waals surface area (Å²) in [7, 11) is 0. The van der Waals surface area contributed by atoms with Gasteiger partial charge < -0.3 is 15.2 Å². The maximum atomic E-state index is 9.21. The van der Waals surface area contributed by atoms with Crippen LogP contribution < -0.4 is 5.32 Å². The van der Waals surface area contributed by atoms with E-state index in [9.17, 15) is 5.11 Å². The van der Waals surface area contributed by atoms with Gasteiger partial charge in [-0.1, -0.05) is 28.1 Å². The number of hydrogen-bond donors (Lipinski definition) is 2. The van der Waals surface area contributed by atoms with Gasteiger partial charge in [0.15, 0.2) is 0 Å². The quantitative estimate of drug-likeness (QED) is 0.878. The highest BCUT2D eigenvalue weighted by atomic mass is 79.9. The average molecular weight is 314 g/mol. The lowest BCUT2D eigenvalue weighted by molar-refractivity contribution is 0.0708. The van der Waals surface area contributed by atoms with Gasteiger partial charge in [-0.2, -0.15) is 0 Å². The van der Waals surface area contributed by atoms with Gasteiger partial charge in [0.2, 0.25) is 0 Å². The summed E-state index contributed by atoms with van der Waals surface area (Å²) in [5.74, 6) is 0. The summed E-state index contributed by atoms with van der Waals surface area (Å²) in [6.07, 6.45) is 2.40. The summed E-state index contributed by atoms with van der Waals surface area (Å²) >= 11 is 3.45. The van der Waals surface area contributed by atoms with E-state index in [0.717, 1.165) is 23.9 Å². The Morgan fingerprint density at radius 3 is 2.72 bits per heavy atom. The fraction of sp³-hybridized carbons (Fsp3) is 0.571. The Morgan fingerprint density at radius 2 is 2.17 bits per heavy atom. The van der Waals surface area contributed by atoms with Crippen LogP contribution in [0.5, 0.6) is 0 Å². The molecule has 1 saturated heterocycles. The van der Waals surface area contributed by atoms with Crippen molar-refractivity contribution in [3.8, 4) is 0 Å². The Balaban J connectivity index is 2.14. The molecule has 0 saturated carbocycles. The molecule has 3 atom stereocenters. The van der Waals surface area contributed by atoms with Gasteiger partial charge in [-0.05, 0) is 37.5 Å². The summed E-state index contributed by atoms with van der Waals surface area (Å²) in [4.78, 5) is 0. The fourth-order valence-corrected chi connectivity index (χ4v) is 2.58. The third-order valence-corrected chi connectivity index (χ3v) is 3.83. The molecule has 18 heavy (non-hydrogen) atoms. The van der Waals surface area contributed by atoms with E-state index in [4.69, 9.17) is 4.74 Å². The normalized spacial score (nSPS) is 22.9. The molecule has 1 aromatic carbocycles. The van der Waals surface area contributed by atoms with Gasteiger partial charge in [0, 0.05) is 17.1 Å². The molecule has 2 rings (SSSR count). The standard InChI is InChI=1S/C14H20BrNO2/c1-10(9-17)16-14(13-3-2-8-18-13)11-4-6-12(15)7-5-11/h4-7,10,13-14,16-17H,2-3,8-9H2,1H3/t10-,13+,14+/m1/s1. The SMILES string of the molecule is C[C@H](CO)N[C@@H](c1ccc(Br)cc1)[C@@H]1CCCO1. The highest BCUT2D eigenvalue weighted by molar-refractivity contribution is 9.10. The molecule has 1 heterocycles. The van der Waals surface area contributed by atoms with E-state index in [2.05, 4.69) is 33.4 Å². The van der Waals surface area contributed by atoms with E-state index in [1.54, 1.807) is 0 Å². The molecule has 0 amide bonds. The Morgan fingerprint density at radius 1 is 1.44 bits per heavy atom. The van der Waals surface area contributed by atoms with Crippen molar-refractivity contribution < 1.29 is 9.84 Å². The minimum atomic E-state index is 0.0721. The number of nitrogens with one attached hydrogen (secondary N) is 1. The van der Waals surface area contributed by atoms with Crippen molar-refractivity contribution in [2.75, 3.05) is 13.2 Å². The Labute approximate surface area is 117 Å². The Bertz CT molecular complexity index is 363. The second-order valence-electron chi connectivity index (χ2n) is 4.83. The van der Waals surface area contributed by atoms with Crippen molar-refractivity contribution >= 4 is 15.9 Å². The van der Waals surface area contributed by atoms with Crippen LogP contribution in [0.15, 0.2) is 28.7 Å². The lowest BCUT2D eigenvalue weighted by atomic mass is 9.98.